The minimum Gasteiger partial charge on any atom is -0.493 e. The zero-order valence-electron chi connectivity index (χ0n) is 16.5. The van der Waals surface area contributed by atoms with Gasteiger partial charge in [-0.25, -0.2) is 0 Å². The van der Waals surface area contributed by atoms with Crippen LogP contribution < -0.4 is 14.8 Å². The molecule has 0 aliphatic heterocycles. The van der Waals surface area contributed by atoms with Gasteiger partial charge in [-0.1, -0.05) is 43.1 Å². The first kappa shape index (κ1) is 23.3. The van der Waals surface area contributed by atoms with Gasteiger partial charge in [0.2, 0.25) is 0 Å². The van der Waals surface area contributed by atoms with E-state index in [1.54, 1.807) is 19.2 Å². The van der Waals surface area contributed by atoms with Crippen molar-refractivity contribution < 1.29 is 9.47 Å². The minimum atomic E-state index is 0.259. The summed E-state index contributed by atoms with van der Waals surface area (Å²) in [5.74, 6) is 1.29. The Bertz CT molecular complexity index is 750. The summed E-state index contributed by atoms with van der Waals surface area (Å²) in [6, 6.07) is 9.43. The summed E-state index contributed by atoms with van der Waals surface area (Å²) in [6.07, 6.45) is 0. The predicted molar refractivity (Wildman–Crippen MR) is 121 cm³/mol. The Hall–Kier alpha value is -0.980. The van der Waals surface area contributed by atoms with Crippen molar-refractivity contribution in [3.63, 3.8) is 0 Å². The second kappa shape index (κ2) is 11.9. The topological polar surface area (TPSA) is 33.7 Å². The third-order valence-electron chi connectivity index (χ3n) is 4.54. The van der Waals surface area contributed by atoms with Gasteiger partial charge in [0.1, 0.15) is 6.61 Å². The maximum absolute atomic E-state index is 6.23. The van der Waals surface area contributed by atoms with E-state index in [9.17, 15) is 0 Å². The Kier molecular flexibility index (Phi) is 9.89. The molecule has 1 N–H and O–H groups in total. The van der Waals surface area contributed by atoms with Gasteiger partial charge in [-0.2, -0.15) is 0 Å². The monoisotopic (exact) mass is 488 g/mol. The average Bonchev–Trinajstić information content (AvgIpc) is 2.68. The lowest BCUT2D eigenvalue weighted by molar-refractivity contribution is 0.282. The lowest BCUT2D eigenvalue weighted by Gasteiger charge is -2.18. The van der Waals surface area contributed by atoms with Crippen molar-refractivity contribution in [1.82, 2.24) is 10.2 Å². The van der Waals surface area contributed by atoms with Crippen LogP contribution in [0.25, 0.3) is 0 Å². The van der Waals surface area contributed by atoms with E-state index in [2.05, 4.69) is 40.0 Å². The molecule has 0 aliphatic rings. The van der Waals surface area contributed by atoms with Crippen LogP contribution in [0.5, 0.6) is 11.5 Å². The van der Waals surface area contributed by atoms with E-state index in [1.165, 1.54) is 0 Å². The Morgan fingerprint density at radius 1 is 1.11 bits per heavy atom. The van der Waals surface area contributed by atoms with Gasteiger partial charge < -0.3 is 19.7 Å². The molecule has 0 bridgehead atoms. The van der Waals surface area contributed by atoms with Gasteiger partial charge in [-0.3, -0.25) is 0 Å². The van der Waals surface area contributed by atoms with E-state index in [0.29, 0.717) is 21.5 Å². The van der Waals surface area contributed by atoms with Crippen molar-refractivity contribution >= 4 is 39.1 Å². The standard InChI is InChI=1S/C21H27BrCl2N2O2/c1-4-26(5-2)10-9-25-13-15-11-17(22)21(20(12-15)27-3)28-14-16-18(23)7-6-8-19(16)24/h6-8,11-12,25H,4-5,9-10,13-14H2,1-3H3. The van der Waals surface area contributed by atoms with Gasteiger partial charge in [0.05, 0.1) is 11.6 Å². The molecule has 154 valence electrons. The molecular formula is C21H27BrCl2N2O2. The first-order chi connectivity index (χ1) is 13.5. The molecule has 0 atom stereocenters. The fourth-order valence-electron chi connectivity index (χ4n) is 2.84. The summed E-state index contributed by atoms with van der Waals surface area (Å²) in [4.78, 5) is 2.39. The normalized spacial score (nSPS) is 11.1. The van der Waals surface area contributed by atoms with Crippen LogP contribution in [0.4, 0.5) is 0 Å². The lowest BCUT2D eigenvalue weighted by Crippen LogP contribution is -2.31. The lowest BCUT2D eigenvalue weighted by atomic mass is 10.2. The molecule has 2 rings (SSSR count). The fourth-order valence-corrected chi connectivity index (χ4v) is 3.95. The van der Waals surface area contributed by atoms with Crippen molar-refractivity contribution in [2.24, 2.45) is 0 Å². The van der Waals surface area contributed by atoms with E-state index in [-0.39, 0.29) is 6.61 Å². The molecule has 0 unspecified atom stereocenters. The largest absolute Gasteiger partial charge is 0.493 e. The maximum Gasteiger partial charge on any atom is 0.175 e. The molecule has 2 aromatic rings. The number of hydrogen-bond acceptors (Lipinski definition) is 4. The highest BCUT2D eigenvalue weighted by Gasteiger charge is 2.14. The second-order valence-electron chi connectivity index (χ2n) is 6.30. The zero-order valence-corrected chi connectivity index (χ0v) is 19.6. The first-order valence-electron chi connectivity index (χ1n) is 9.35. The number of halogens is 3. The number of nitrogens with one attached hydrogen (secondary N) is 1. The molecule has 4 nitrogen and oxygen atoms in total. The third kappa shape index (κ3) is 6.53. The predicted octanol–water partition coefficient (Wildman–Crippen LogP) is 5.77. The van der Waals surface area contributed by atoms with Gasteiger partial charge in [-0.05, 0) is 58.8 Å². The van der Waals surface area contributed by atoms with Gasteiger partial charge in [0, 0.05) is 35.2 Å². The molecule has 0 spiro atoms. The third-order valence-corrected chi connectivity index (χ3v) is 5.84. The molecule has 0 radical (unpaired) electrons. The van der Waals surface area contributed by atoms with Crippen LogP contribution in [0.2, 0.25) is 10.0 Å². The molecule has 0 amide bonds. The highest BCUT2D eigenvalue weighted by molar-refractivity contribution is 9.10. The molecule has 2 aromatic carbocycles. The summed E-state index contributed by atoms with van der Waals surface area (Å²) < 4.78 is 12.3. The highest BCUT2D eigenvalue weighted by Crippen LogP contribution is 2.38. The molecule has 0 saturated carbocycles. The van der Waals surface area contributed by atoms with Crippen LogP contribution >= 0.6 is 39.1 Å². The van der Waals surface area contributed by atoms with Crippen molar-refractivity contribution in [3.05, 3.63) is 56.0 Å². The van der Waals surface area contributed by atoms with Gasteiger partial charge in [0.15, 0.2) is 11.5 Å². The van der Waals surface area contributed by atoms with E-state index in [0.717, 1.165) is 48.3 Å². The number of nitrogens with zero attached hydrogens (tertiary/aromatic N) is 1. The summed E-state index contributed by atoms with van der Waals surface area (Å²) in [6.45, 7) is 9.48. The Balaban J connectivity index is 2.02. The van der Waals surface area contributed by atoms with Crippen molar-refractivity contribution in [1.29, 1.82) is 0 Å². The second-order valence-corrected chi connectivity index (χ2v) is 7.97. The smallest absolute Gasteiger partial charge is 0.175 e. The summed E-state index contributed by atoms with van der Waals surface area (Å²) in [7, 11) is 1.63. The quantitative estimate of drug-likeness (QED) is 0.406. The van der Waals surface area contributed by atoms with Gasteiger partial charge >= 0.3 is 0 Å². The molecule has 0 saturated heterocycles. The van der Waals surface area contributed by atoms with Gasteiger partial charge in [0.25, 0.3) is 0 Å². The van der Waals surface area contributed by atoms with Crippen molar-refractivity contribution in [3.8, 4) is 11.5 Å². The van der Waals surface area contributed by atoms with Gasteiger partial charge in [-0.15, -0.1) is 0 Å². The number of hydrogen-bond donors (Lipinski definition) is 1. The highest BCUT2D eigenvalue weighted by atomic mass is 79.9. The Morgan fingerprint density at radius 2 is 1.79 bits per heavy atom. The van der Waals surface area contributed by atoms with Crippen LogP contribution in [0, 0.1) is 0 Å². The molecule has 0 heterocycles. The SMILES string of the molecule is CCN(CC)CCNCc1cc(Br)c(OCc2c(Cl)cccc2Cl)c(OC)c1. The van der Waals surface area contributed by atoms with Crippen LogP contribution in [-0.2, 0) is 13.2 Å². The number of likely N-dealkylation sites (N-methyl/N-ethyl adjacent to an activating group) is 1. The summed E-state index contributed by atoms with van der Waals surface area (Å²) >= 11 is 16.1. The molecule has 0 aromatic heterocycles. The van der Waals surface area contributed by atoms with E-state index < -0.39 is 0 Å². The molecule has 7 heteroatoms. The molecule has 28 heavy (non-hydrogen) atoms. The average molecular weight is 490 g/mol. The fraction of sp³-hybridized carbons (Fsp3) is 0.429. The van der Waals surface area contributed by atoms with Crippen molar-refractivity contribution in [2.45, 2.75) is 27.0 Å². The first-order valence-corrected chi connectivity index (χ1v) is 10.9. The van der Waals surface area contributed by atoms with E-state index in [4.69, 9.17) is 32.7 Å². The van der Waals surface area contributed by atoms with Crippen LogP contribution in [0.1, 0.15) is 25.0 Å². The van der Waals surface area contributed by atoms with E-state index in [1.807, 2.05) is 18.2 Å². The minimum absolute atomic E-state index is 0.259. The Labute approximate surface area is 186 Å². The van der Waals surface area contributed by atoms with Crippen LogP contribution in [-0.4, -0.2) is 38.2 Å². The summed E-state index contributed by atoms with van der Waals surface area (Å²) in [5.41, 5.74) is 1.87. The summed E-state index contributed by atoms with van der Waals surface area (Å²) in [5, 5.41) is 4.64. The number of methoxy groups -OCH3 is 1. The Morgan fingerprint density at radius 3 is 2.39 bits per heavy atom. The van der Waals surface area contributed by atoms with Crippen molar-refractivity contribution in [2.75, 3.05) is 33.3 Å². The van der Waals surface area contributed by atoms with E-state index >= 15 is 0 Å². The maximum atomic E-state index is 6.23. The van der Waals surface area contributed by atoms with Crippen LogP contribution in [0.15, 0.2) is 34.8 Å². The molecular weight excluding hydrogens is 463 g/mol. The molecule has 0 fully saturated rings. The van der Waals surface area contributed by atoms with Crippen LogP contribution in [0.3, 0.4) is 0 Å². The number of rotatable bonds is 11. The zero-order chi connectivity index (χ0) is 20.5. The number of benzene rings is 2. The molecule has 0 aliphatic carbocycles. The number of ether oxygens (including phenoxy) is 2.